The van der Waals surface area contributed by atoms with Crippen LogP contribution in [-0.2, 0) is 26.3 Å². The Morgan fingerprint density at radius 2 is 2.14 bits per heavy atom. The highest BCUT2D eigenvalue weighted by atomic mass is 32.2. The van der Waals surface area contributed by atoms with Crippen molar-refractivity contribution in [3.8, 4) is 0 Å². The summed E-state index contributed by atoms with van der Waals surface area (Å²) in [4.78, 5) is 12.1. The lowest BCUT2D eigenvalue weighted by molar-refractivity contribution is -0.119. The van der Waals surface area contributed by atoms with Crippen LogP contribution >= 0.6 is 0 Å². The number of nitrogens with zero attached hydrogens (tertiary/aromatic N) is 1. The number of carbonyl (C=O) groups excluding carboxylic acids is 1. The van der Waals surface area contributed by atoms with Gasteiger partial charge in [0.15, 0.2) is 0 Å². The van der Waals surface area contributed by atoms with Crippen LogP contribution in [0.25, 0.3) is 0 Å². The van der Waals surface area contributed by atoms with Crippen molar-refractivity contribution >= 4 is 21.8 Å². The molecule has 21 heavy (non-hydrogen) atoms. The van der Waals surface area contributed by atoms with Gasteiger partial charge in [-0.15, -0.1) is 0 Å². The van der Waals surface area contributed by atoms with Crippen LogP contribution in [-0.4, -0.2) is 44.9 Å². The van der Waals surface area contributed by atoms with Gasteiger partial charge in [-0.3, -0.25) is 4.79 Å². The van der Waals surface area contributed by atoms with Crippen molar-refractivity contribution in [1.82, 2.24) is 9.03 Å². The summed E-state index contributed by atoms with van der Waals surface area (Å²) in [6, 6.07) is 6.37. The van der Waals surface area contributed by atoms with Gasteiger partial charge in [0.25, 0.3) is 10.2 Å². The molecular formula is C13H19N3O4S. The zero-order valence-corrected chi connectivity index (χ0v) is 12.8. The molecule has 0 saturated carbocycles. The van der Waals surface area contributed by atoms with Crippen LogP contribution in [0.1, 0.15) is 12.5 Å². The van der Waals surface area contributed by atoms with E-state index < -0.39 is 16.3 Å². The Kier molecular flexibility index (Phi) is 4.94. The second kappa shape index (κ2) is 6.52. The molecule has 116 valence electrons. The second-order valence-corrected chi connectivity index (χ2v) is 6.47. The SMILES string of the molecule is COCCNS(=O)(=O)N1Cc2ccccc2NC(=O)C1C. The molecule has 0 bridgehead atoms. The molecule has 1 aromatic carbocycles. The van der Waals surface area contributed by atoms with E-state index in [0.717, 1.165) is 9.87 Å². The number of benzene rings is 1. The maximum absolute atomic E-state index is 12.4. The van der Waals surface area contributed by atoms with Gasteiger partial charge in [-0.1, -0.05) is 18.2 Å². The van der Waals surface area contributed by atoms with Crippen molar-refractivity contribution in [3.05, 3.63) is 29.8 Å². The molecule has 1 aliphatic heterocycles. The monoisotopic (exact) mass is 313 g/mol. The first-order valence-corrected chi connectivity index (χ1v) is 8.04. The summed E-state index contributed by atoms with van der Waals surface area (Å²) in [5, 5.41) is 2.74. The molecule has 1 unspecified atom stereocenters. The van der Waals surface area contributed by atoms with Crippen LogP contribution in [0.5, 0.6) is 0 Å². The summed E-state index contributed by atoms with van der Waals surface area (Å²) < 4.78 is 33.1. The van der Waals surface area contributed by atoms with Crippen molar-refractivity contribution in [3.63, 3.8) is 0 Å². The summed E-state index contributed by atoms with van der Waals surface area (Å²) in [5.74, 6) is -0.350. The average Bonchev–Trinajstić information content (AvgIpc) is 2.57. The zero-order chi connectivity index (χ0) is 15.5. The number of ether oxygens (including phenoxy) is 1. The minimum absolute atomic E-state index is 0.137. The number of methoxy groups -OCH3 is 1. The van der Waals surface area contributed by atoms with E-state index in [9.17, 15) is 13.2 Å². The fourth-order valence-electron chi connectivity index (χ4n) is 2.10. The van der Waals surface area contributed by atoms with E-state index in [1.54, 1.807) is 25.1 Å². The second-order valence-electron chi connectivity index (χ2n) is 4.76. The lowest BCUT2D eigenvalue weighted by Gasteiger charge is -2.25. The van der Waals surface area contributed by atoms with Crippen LogP contribution in [0.4, 0.5) is 5.69 Å². The van der Waals surface area contributed by atoms with Gasteiger partial charge >= 0.3 is 0 Å². The van der Waals surface area contributed by atoms with E-state index in [-0.39, 0.29) is 25.6 Å². The molecular weight excluding hydrogens is 294 g/mol. The fraction of sp³-hybridized carbons (Fsp3) is 0.462. The first kappa shape index (κ1) is 15.9. The van der Waals surface area contributed by atoms with Gasteiger partial charge < -0.3 is 10.1 Å². The number of hydrogen-bond acceptors (Lipinski definition) is 4. The lowest BCUT2D eigenvalue weighted by atomic mass is 10.2. The van der Waals surface area contributed by atoms with Gasteiger partial charge in [0.1, 0.15) is 6.04 Å². The third-order valence-electron chi connectivity index (χ3n) is 3.31. The molecule has 7 nitrogen and oxygen atoms in total. The molecule has 1 aliphatic rings. The van der Waals surface area contributed by atoms with E-state index in [2.05, 4.69) is 10.0 Å². The lowest BCUT2D eigenvalue weighted by Crippen LogP contribution is -2.48. The first-order chi connectivity index (χ1) is 9.95. The number of nitrogens with one attached hydrogen (secondary N) is 2. The maximum atomic E-state index is 12.4. The Hall–Kier alpha value is -1.48. The Morgan fingerprint density at radius 3 is 2.86 bits per heavy atom. The van der Waals surface area contributed by atoms with Crippen LogP contribution in [0.2, 0.25) is 0 Å². The van der Waals surface area contributed by atoms with Gasteiger partial charge in [0.05, 0.1) is 6.61 Å². The highest BCUT2D eigenvalue weighted by molar-refractivity contribution is 7.87. The average molecular weight is 313 g/mol. The quantitative estimate of drug-likeness (QED) is 0.766. The standard InChI is InChI=1S/C13H19N3O4S/c1-10-13(17)15-12-6-4-3-5-11(12)9-16(10)21(18,19)14-7-8-20-2/h3-6,10,14H,7-9H2,1-2H3,(H,15,17). The molecule has 2 N–H and O–H groups in total. The normalized spacial score (nSPS) is 19.7. The van der Waals surface area contributed by atoms with Crippen molar-refractivity contribution < 1.29 is 17.9 Å². The Balaban J connectivity index is 2.28. The van der Waals surface area contributed by atoms with E-state index in [1.165, 1.54) is 7.11 Å². The summed E-state index contributed by atoms with van der Waals surface area (Å²) in [6.07, 6.45) is 0. The Bertz CT molecular complexity index is 618. The molecule has 0 saturated heterocycles. The van der Waals surface area contributed by atoms with Crippen LogP contribution in [0, 0.1) is 0 Å². The third kappa shape index (κ3) is 3.59. The highest BCUT2D eigenvalue weighted by Gasteiger charge is 2.34. The first-order valence-electron chi connectivity index (χ1n) is 6.60. The maximum Gasteiger partial charge on any atom is 0.280 e. The Labute approximate surface area is 124 Å². The van der Waals surface area contributed by atoms with Gasteiger partial charge in [-0.2, -0.15) is 17.4 Å². The van der Waals surface area contributed by atoms with Crippen LogP contribution < -0.4 is 10.0 Å². The van der Waals surface area contributed by atoms with Gasteiger partial charge in [0, 0.05) is 25.9 Å². The van der Waals surface area contributed by atoms with Gasteiger partial charge in [0.2, 0.25) is 5.91 Å². The summed E-state index contributed by atoms with van der Waals surface area (Å²) in [7, 11) is -2.27. The van der Waals surface area contributed by atoms with Crippen molar-refractivity contribution in [2.75, 3.05) is 25.6 Å². The van der Waals surface area contributed by atoms with E-state index in [4.69, 9.17) is 4.74 Å². The summed E-state index contributed by atoms with van der Waals surface area (Å²) in [6.45, 7) is 2.13. The third-order valence-corrected chi connectivity index (χ3v) is 4.94. The minimum atomic E-state index is -3.76. The number of carbonyl (C=O) groups is 1. The topological polar surface area (TPSA) is 87.7 Å². The van der Waals surface area contributed by atoms with E-state index in [1.807, 2.05) is 6.07 Å². The molecule has 0 fully saturated rings. The van der Waals surface area contributed by atoms with E-state index >= 15 is 0 Å². The summed E-state index contributed by atoms with van der Waals surface area (Å²) >= 11 is 0. The molecule has 1 heterocycles. The van der Waals surface area contributed by atoms with Crippen LogP contribution in [0.15, 0.2) is 24.3 Å². The molecule has 1 atom stereocenters. The number of fused-ring (bicyclic) bond motifs is 1. The minimum Gasteiger partial charge on any atom is -0.383 e. The number of amides is 1. The molecule has 0 spiro atoms. The highest BCUT2D eigenvalue weighted by Crippen LogP contribution is 2.24. The predicted molar refractivity (Wildman–Crippen MR) is 78.9 cm³/mol. The molecule has 0 radical (unpaired) electrons. The number of anilines is 1. The number of hydrogen-bond donors (Lipinski definition) is 2. The van der Waals surface area contributed by atoms with Crippen LogP contribution in [0.3, 0.4) is 0 Å². The van der Waals surface area contributed by atoms with Crippen molar-refractivity contribution in [2.24, 2.45) is 0 Å². The zero-order valence-electron chi connectivity index (χ0n) is 12.0. The van der Waals surface area contributed by atoms with Gasteiger partial charge in [-0.05, 0) is 18.6 Å². The number of para-hydroxylation sites is 1. The van der Waals surface area contributed by atoms with E-state index in [0.29, 0.717) is 5.69 Å². The fourth-order valence-corrected chi connectivity index (χ4v) is 3.43. The predicted octanol–water partition coefficient (Wildman–Crippen LogP) is 0.310. The van der Waals surface area contributed by atoms with Crippen molar-refractivity contribution in [2.45, 2.75) is 19.5 Å². The van der Waals surface area contributed by atoms with Crippen molar-refractivity contribution in [1.29, 1.82) is 0 Å². The molecule has 0 aromatic heterocycles. The molecule has 1 aromatic rings. The molecule has 0 aliphatic carbocycles. The molecule has 8 heteroatoms. The summed E-state index contributed by atoms with van der Waals surface area (Å²) in [5.41, 5.74) is 1.40. The smallest absolute Gasteiger partial charge is 0.280 e. The Morgan fingerprint density at radius 1 is 1.43 bits per heavy atom. The largest absolute Gasteiger partial charge is 0.383 e. The molecule has 1 amide bonds. The molecule has 2 rings (SSSR count). The van der Waals surface area contributed by atoms with Gasteiger partial charge in [-0.25, -0.2) is 0 Å². The number of rotatable bonds is 5.